The van der Waals surface area contributed by atoms with Crippen molar-refractivity contribution in [2.24, 2.45) is 0 Å². The van der Waals surface area contributed by atoms with Crippen LogP contribution in [0.5, 0.6) is 11.6 Å². The topological polar surface area (TPSA) is 56.6 Å². The Morgan fingerprint density at radius 3 is 2.68 bits per heavy atom. The number of methoxy groups -OCH3 is 1. The number of carbonyl (C=O) groups excluding carboxylic acids is 1. The van der Waals surface area contributed by atoms with E-state index in [1.54, 1.807) is 17.9 Å². The van der Waals surface area contributed by atoms with Crippen LogP contribution in [0.4, 0.5) is 0 Å². The molecule has 1 aliphatic rings. The second kappa shape index (κ2) is 7.76. The summed E-state index contributed by atoms with van der Waals surface area (Å²) >= 11 is 0. The summed E-state index contributed by atoms with van der Waals surface area (Å²) in [7, 11) is 1.66. The summed E-state index contributed by atoms with van der Waals surface area (Å²) in [5, 5.41) is 4.43. The molecular weight excluding hydrogens is 354 g/mol. The molecule has 0 saturated carbocycles. The van der Waals surface area contributed by atoms with Crippen LogP contribution in [0.15, 0.2) is 54.6 Å². The van der Waals surface area contributed by atoms with E-state index in [9.17, 15) is 4.79 Å². The molecular formula is C22H23N3O3. The molecule has 3 aromatic rings. The van der Waals surface area contributed by atoms with Gasteiger partial charge in [0.15, 0.2) is 0 Å². The fourth-order valence-electron chi connectivity index (χ4n) is 3.50. The molecule has 4 rings (SSSR count). The van der Waals surface area contributed by atoms with E-state index in [-0.39, 0.29) is 5.91 Å². The molecule has 0 aliphatic carbocycles. The van der Waals surface area contributed by atoms with Crippen molar-refractivity contribution >= 4 is 5.91 Å². The molecule has 6 heteroatoms. The minimum atomic E-state index is -0.0446. The summed E-state index contributed by atoms with van der Waals surface area (Å²) in [6, 6.07) is 17.6. The highest BCUT2D eigenvalue weighted by Crippen LogP contribution is 2.26. The van der Waals surface area contributed by atoms with E-state index >= 15 is 0 Å². The lowest BCUT2D eigenvalue weighted by Crippen LogP contribution is -2.39. The summed E-state index contributed by atoms with van der Waals surface area (Å²) in [4.78, 5) is 14.8. The maximum atomic E-state index is 13.0. The highest BCUT2D eigenvalue weighted by molar-refractivity contribution is 5.93. The summed E-state index contributed by atoms with van der Waals surface area (Å²) in [6.07, 6.45) is 0. The SMILES string of the molecule is COc1c(C)cccc1CN1CCn2nc(OCc3ccccc3)cc2C1=O. The minimum Gasteiger partial charge on any atom is -0.496 e. The predicted molar refractivity (Wildman–Crippen MR) is 105 cm³/mol. The Balaban J connectivity index is 1.48. The number of amides is 1. The first-order valence-electron chi connectivity index (χ1n) is 9.32. The number of rotatable bonds is 6. The smallest absolute Gasteiger partial charge is 0.272 e. The highest BCUT2D eigenvalue weighted by Gasteiger charge is 2.27. The monoisotopic (exact) mass is 377 g/mol. The third kappa shape index (κ3) is 3.58. The summed E-state index contributed by atoms with van der Waals surface area (Å²) in [6.45, 7) is 4.18. The quantitative estimate of drug-likeness (QED) is 0.660. The molecule has 0 N–H and O–H groups in total. The van der Waals surface area contributed by atoms with Gasteiger partial charge in [0.2, 0.25) is 5.88 Å². The van der Waals surface area contributed by atoms with Crippen molar-refractivity contribution in [1.82, 2.24) is 14.7 Å². The third-order valence-electron chi connectivity index (χ3n) is 4.93. The molecule has 2 aromatic carbocycles. The highest BCUT2D eigenvalue weighted by atomic mass is 16.5. The lowest BCUT2D eigenvalue weighted by atomic mass is 10.1. The maximum Gasteiger partial charge on any atom is 0.272 e. The standard InChI is InChI=1S/C22H23N3O3/c1-16-7-6-10-18(21(16)27-2)14-24-11-12-25-19(22(24)26)13-20(23-25)28-15-17-8-4-3-5-9-17/h3-10,13H,11-12,14-15H2,1-2H3. The van der Waals surface area contributed by atoms with Gasteiger partial charge in [-0.2, -0.15) is 0 Å². The average Bonchev–Trinajstić information content (AvgIpc) is 3.14. The number of benzene rings is 2. The normalized spacial score (nSPS) is 13.4. The summed E-state index contributed by atoms with van der Waals surface area (Å²) in [5.41, 5.74) is 3.68. The van der Waals surface area contributed by atoms with Gasteiger partial charge in [-0.15, -0.1) is 5.10 Å². The van der Waals surface area contributed by atoms with Gasteiger partial charge in [-0.05, 0) is 18.1 Å². The molecule has 1 aliphatic heterocycles. The second-order valence-electron chi connectivity index (χ2n) is 6.86. The zero-order chi connectivity index (χ0) is 19.5. The number of hydrogen-bond donors (Lipinski definition) is 0. The number of para-hydroxylation sites is 1. The largest absolute Gasteiger partial charge is 0.496 e. The molecule has 0 radical (unpaired) electrons. The van der Waals surface area contributed by atoms with Crippen LogP contribution in [-0.4, -0.2) is 34.2 Å². The Bertz CT molecular complexity index is 982. The Hall–Kier alpha value is -3.28. The van der Waals surface area contributed by atoms with Crippen LogP contribution in [0.3, 0.4) is 0 Å². The van der Waals surface area contributed by atoms with Gasteiger partial charge in [0, 0.05) is 24.7 Å². The molecule has 0 spiro atoms. The zero-order valence-electron chi connectivity index (χ0n) is 16.1. The Kier molecular flexibility index (Phi) is 5.02. The van der Waals surface area contributed by atoms with Gasteiger partial charge in [-0.25, -0.2) is 0 Å². The predicted octanol–water partition coefficient (Wildman–Crippen LogP) is 3.44. The fourth-order valence-corrected chi connectivity index (χ4v) is 3.50. The van der Waals surface area contributed by atoms with Crippen molar-refractivity contribution in [1.29, 1.82) is 0 Å². The van der Waals surface area contributed by atoms with Crippen LogP contribution in [0, 0.1) is 6.92 Å². The second-order valence-corrected chi connectivity index (χ2v) is 6.86. The fraction of sp³-hybridized carbons (Fsp3) is 0.273. The molecule has 144 valence electrons. The van der Waals surface area contributed by atoms with E-state index in [0.29, 0.717) is 37.8 Å². The minimum absolute atomic E-state index is 0.0446. The number of hydrogen-bond acceptors (Lipinski definition) is 4. The molecule has 6 nitrogen and oxygen atoms in total. The molecule has 0 unspecified atom stereocenters. The average molecular weight is 377 g/mol. The van der Waals surface area contributed by atoms with Crippen molar-refractivity contribution in [3.63, 3.8) is 0 Å². The van der Waals surface area contributed by atoms with Gasteiger partial charge in [0.05, 0.1) is 13.7 Å². The van der Waals surface area contributed by atoms with E-state index < -0.39 is 0 Å². The van der Waals surface area contributed by atoms with E-state index in [4.69, 9.17) is 9.47 Å². The van der Waals surface area contributed by atoms with Crippen molar-refractivity contribution < 1.29 is 14.3 Å². The van der Waals surface area contributed by atoms with E-state index in [2.05, 4.69) is 5.10 Å². The molecule has 1 amide bonds. The van der Waals surface area contributed by atoms with Crippen LogP contribution in [-0.2, 0) is 19.7 Å². The number of ether oxygens (including phenoxy) is 2. The zero-order valence-corrected chi connectivity index (χ0v) is 16.1. The van der Waals surface area contributed by atoms with Crippen LogP contribution < -0.4 is 9.47 Å². The van der Waals surface area contributed by atoms with Crippen molar-refractivity contribution in [3.8, 4) is 11.6 Å². The van der Waals surface area contributed by atoms with Gasteiger partial charge in [0.25, 0.3) is 5.91 Å². The molecule has 0 saturated heterocycles. The molecule has 0 fully saturated rings. The number of fused-ring (bicyclic) bond motifs is 1. The van der Waals surface area contributed by atoms with E-state index in [0.717, 1.165) is 22.4 Å². The Morgan fingerprint density at radius 2 is 1.89 bits per heavy atom. The third-order valence-corrected chi connectivity index (χ3v) is 4.93. The van der Waals surface area contributed by atoms with Crippen LogP contribution in [0.1, 0.15) is 27.2 Å². The molecule has 2 heterocycles. The first-order chi connectivity index (χ1) is 13.7. The lowest BCUT2D eigenvalue weighted by Gasteiger charge is -2.28. The molecule has 1 aromatic heterocycles. The van der Waals surface area contributed by atoms with Crippen LogP contribution in [0.2, 0.25) is 0 Å². The van der Waals surface area contributed by atoms with Gasteiger partial charge < -0.3 is 14.4 Å². The summed E-state index contributed by atoms with van der Waals surface area (Å²) < 4.78 is 13.0. The number of nitrogens with zero attached hydrogens (tertiary/aromatic N) is 3. The number of carbonyl (C=O) groups is 1. The summed E-state index contributed by atoms with van der Waals surface area (Å²) in [5.74, 6) is 1.26. The van der Waals surface area contributed by atoms with Gasteiger partial charge in [0.1, 0.15) is 18.1 Å². The van der Waals surface area contributed by atoms with Crippen molar-refractivity contribution in [2.45, 2.75) is 26.6 Å². The maximum absolute atomic E-state index is 13.0. The Morgan fingerprint density at radius 1 is 1.07 bits per heavy atom. The van der Waals surface area contributed by atoms with Crippen LogP contribution >= 0.6 is 0 Å². The number of aromatic nitrogens is 2. The molecule has 28 heavy (non-hydrogen) atoms. The van der Waals surface area contributed by atoms with E-state index in [1.807, 2.05) is 60.4 Å². The van der Waals surface area contributed by atoms with E-state index in [1.165, 1.54) is 0 Å². The van der Waals surface area contributed by atoms with Gasteiger partial charge in [-0.1, -0.05) is 48.5 Å². The van der Waals surface area contributed by atoms with Crippen LogP contribution in [0.25, 0.3) is 0 Å². The van der Waals surface area contributed by atoms with Gasteiger partial charge >= 0.3 is 0 Å². The lowest BCUT2D eigenvalue weighted by molar-refractivity contribution is 0.0682. The van der Waals surface area contributed by atoms with Crippen molar-refractivity contribution in [2.75, 3.05) is 13.7 Å². The number of aryl methyl sites for hydroxylation is 1. The molecule has 0 atom stereocenters. The molecule has 0 bridgehead atoms. The Labute approximate surface area is 164 Å². The van der Waals surface area contributed by atoms with Crippen molar-refractivity contribution in [3.05, 3.63) is 77.0 Å². The van der Waals surface area contributed by atoms with Gasteiger partial charge in [-0.3, -0.25) is 9.48 Å². The first-order valence-corrected chi connectivity index (χ1v) is 9.32. The first kappa shape index (κ1) is 18.1.